The van der Waals surface area contributed by atoms with Crippen LogP contribution in [0.5, 0.6) is 0 Å². The first kappa shape index (κ1) is 18.6. The lowest BCUT2D eigenvalue weighted by Crippen LogP contribution is -2.40. The highest BCUT2D eigenvalue weighted by atomic mass is 28.4. The van der Waals surface area contributed by atoms with E-state index in [-0.39, 0.29) is 0 Å². The molecule has 22 heavy (non-hydrogen) atoms. The summed E-state index contributed by atoms with van der Waals surface area (Å²) in [5.74, 6) is 2.19. The quantitative estimate of drug-likeness (QED) is 0.371. The maximum Gasteiger partial charge on any atom is 0.191 e. The fourth-order valence-corrected chi connectivity index (χ4v) is 5.58. The van der Waals surface area contributed by atoms with E-state index in [0.717, 1.165) is 25.0 Å². The van der Waals surface area contributed by atoms with Gasteiger partial charge in [0.1, 0.15) is 6.71 Å². The molecule has 2 rings (SSSR count). The average Bonchev–Trinajstić information content (AvgIpc) is 2.41. The van der Waals surface area contributed by atoms with Crippen molar-refractivity contribution in [2.75, 3.05) is 6.61 Å². The molecule has 3 heteroatoms. The maximum absolute atomic E-state index is 6.30. The first-order chi connectivity index (χ1) is 10.3. The Balaban J connectivity index is 1.60. The Morgan fingerprint density at radius 2 is 1.45 bits per heavy atom. The lowest BCUT2D eigenvalue weighted by molar-refractivity contribution is 0.278. The van der Waals surface area contributed by atoms with Crippen molar-refractivity contribution in [2.45, 2.75) is 115 Å². The van der Waals surface area contributed by atoms with Gasteiger partial charge in [-0.15, -0.1) is 0 Å². The van der Waals surface area contributed by atoms with Crippen molar-refractivity contribution in [3.8, 4) is 0 Å². The first-order valence-electron chi connectivity index (χ1n) is 9.95. The van der Waals surface area contributed by atoms with Gasteiger partial charge in [-0.3, -0.25) is 0 Å². The van der Waals surface area contributed by atoms with E-state index in [1.54, 1.807) is 0 Å². The standard InChI is InChI=1S/C19H39BOSi/c1-19(2,3)22(4,5)21-16-8-6-7-15-20-17-11-9-12-18(20)14-10-13-17/h17-18H,6-16H2,1-5H3. The summed E-state index contributed by atoms with van der Waals surface area (Å²) in [4.78, 5) is 0. The van der Waals surface area contributed by atoms with Gasteiger partial charge in [0.15, 0.2) is 8.32 Å². The average molecular weight is 322 g/mol. The van der Waals surface area contributed by atoms with Gasteiger partial charge in [0.2, 0.25) is 0 Å². The SMILES string of the molecule is CC(C)(C)[Si](C)(C)OCCCCCB1C2CCCC1CCC2. The minimum atomic E-state index is -1.52. The lowest BCUT2D eigenvalue weighted by Gasteiger charge is -2.40. The van der Waals surface area contributed by atoms with Gasteiger partial charge >= 0.3 is 0 Å². The molecule has 0 N–H and O–H groups in total. The molecule has 2 aliphatic rings. The molecule has 2 fully saturated rings. The number of rotatable bonds is 7. The van der Waals surface area contributed by atoms with Crippen LogP contribution < -0.4 is 0 Å². The summed E-state index contributed by atoms with van der Waals surface area (Å²) in [6.45, 7) is 13.8. The molecule has 2 saturated heterocycles. The minimum Gasteiger partial charge on any atom is -0.417 e. The van der Waals surface area contributed by atoms with Gasteiger partial charge in [-0.2, -0.15) is 0 Å². The van der Waals surface area contributed by atoms with Gasteiger partial charge in [-0.1, -0.05) is 90.1 Å². The molecular weight excluding hydrogens is 283 g/mol. The Morgan fingerprint density at radius 3 is 1.95 bits per heavy atom. The predicted octanol–water partition coefficient (Wildman–Crippen LogP) is 6.78. The number of hydrogen-bond donors (Lipinski definition) is 0. The van der Waals surface area contributed by atoms with Crippen LogP contribution in [0.1, 0.15) is 78.6 Å². The van der Waals surface area contributed by atoms with Crippen molar-refractivity contribution in [3.63, 3.8) is 0 Å². The fraction of sp³-hybridized carbons (Fsp3) is 1.00. The van der Waals surface area contributed by atoms with E-state index in [9.17, 15) is 0 Å². The van der Waals surface area contributed by atoms with Crippen LogP contribution in [-0.2, 0) is 4.43 Å². The minimum absolute atomic E-state index is 0.354. The predicted molar refractivity (Wildman–Crippen MR) is 103 cm³/mol. The molecule has 0 aliphatic carbocycles. The van der Waals surface area contributed by atoms with Crippen molar-refractivity contribution in [1.29, 1.82) is 0 Å². The van der Waals surface area contributed by atoms with Crippen LogP contribution in [0, 0.1) is 0 Å². The lowest BCUT2D eigenvalue weighted by atomic mass is 9.26. The second-order valence-electron chi connectivity index (χ2n) is 9.50. The van der Waals surface area contributed by atoms with E-state index in [0.29, 0.717) is 5.04 Å². The summed E-state index contributed by atoms with van der Waals surface area (Å²) < 4.78 is 6.30. The van der Waals surface area contributed by atoms with Crippen LogP contribution in [0.15, 0.2) is 0 Å². The molecule has 0 radical (unpaired) electrons. The molecule has 0 amide bonds. The summed E-state index contributed by atoms with van der Waals surface area (Å²) in [7, 11) is -1.52. The van der Waals surface area contributed by atoms with Crippen LogP contribution in [0.25, 0.3) is 0 Å². The second-order valence-corrected chi connectivity index (χ2v) is 14.3. The van der Waals surface area contributed by atoms with Crippen molar-refractivity contribution in [3.05, 3.63) is 0 Å². The molecule has 0 aromatic rings. The molecule has 128 valence electrons. The number of hydrogen-bond acceptors (Lipinski definition) is 1. The van der Waals surface area contributed by atoms with Crippen LogP contribution in [0.2, 0.25) is 36.1 Å². The summed E-state index contributed by atoms with van der Waals surface area (Å²) >= 11 is 0. The van der Waals surface area contributed by atoms with Crippen LogP contribution in [-0.4, -0.2) is 21.6 Å². The molecular formula is C19H39BOSi. The monoisotopic (exact) mass is 322 g/mol. The third kappa shape index (κ3) is 4.87. The third-order valence-electron chi connectivity index (χ3n) is 6.96. The van der Waals surface area contributed by atoms with E-state index in [1.165, 1.54) is 64.1 Å². The molecule has 0 saturated carbocycles. The van der Waals surface area contributed by atoms with Gasteiger partial charge in [0.25, 0.3) is 0 Å². The maximum atomic E-state index is 6.30. The summed E-state index contributed by atoms with van der Waals surface area (Å²) in [5.41, 5.74) is 0. The third-order valence-corrected chi connectivity index (χ3v) is 11.5. The largest absolute Gasteiger partial charge is 0.417 e. The van der Waals surface area contributed by atoms with Gasteiger partial charge in [0, 0.05) is 6.61 Å². The van der Waals surface area contributed by atoms with Gasteiger partial charge in [-0.25, -0.2) is 0 Å². The van der Waals surface area contributed by atoms with Gasteiger partial charge in [-0.05, 0) is 24.6 Å². The smallest absolute Gasteiger partial charge is 0.191 e. The van der Waals surface area contributed by atoms with Crippen molar-refractivity contribution in [1.82, 2.24) is 0 Å². The van der Waals surface area contributed by atoms with E-state index < -0.39 is 8.32 Å². The molecule has 0 unspecified atom stereocenters. The molecule has 0 aromatic carbocycles. The number of fused-ring (bicyclic) bond motifs is 2. The molecule has 2 bridgehead atoms. The molecule has 0 spiro atoms. The van der Waals surface area contributed by atoms with Gasteiger partial charge in [0.05, 0.1) is 0 Å². The van der Waals surface area contributed by atoms with Crippen LogP contribution >= 0.6 is 0 Å². The molecule has 1 nitrogen and oxygen atoms in total. The van der Waals surface area contributed by atoms with E-state index in [2.05, 4.69) is 33.9 Å². The van der Waals surface area contributed by atoms with Crippen molar-refractivity contribution in [2.24, 2.45) is 0 Å². The Kier molecular flexibility index (Phi) is 6.65. The highest BCUT2D eigenvalue weighted by Gasteiger charge is 2.38. The summed E-state index contributed by atoms with van der Waals surface area (Å²) in [6.07, 6.45) is 14.8. The van der Waals surface area contributed by atoms with Crippen LogP contribution in [0.4, 0.5) is 0 Å². The molecule has 0 aromatic heterocycles. The van der Waals surface area contributed by atoms with E-state index in [4.69, 9.17) is 4.43 Å². The Morgan fingerprint density at radius 1 is 0.909 bits per heavy atom. The zero-order valence-electron chi connectivity index (χ0n) is 15.9. The normalized spacial score (nSPS) is 26.3. The van der Waals surface area contributed by atoms with Crippen molar-refractivity contribution >= 4 is 15.0 Å². The molecule has 2 heterocycles. The first-order valence-corrected chi connectivity index (χ1v) is 12.9. The van der Waals surface area contributed by atoms with Crippen LogP contribution in [0.3, 0.4) is 0 Å². The molecule has 0 atom stereocenters. The highest BCUT2D eigenvalue weighted by molar-refractivity contribution is 6.74. The second kappa shape index (κ2) is 7.88. The molecule has 2 aliphatic heterocycles. The Bertz CT molecular complexity index is 315. The summed E-state index contributed by atoms with van der Waals surface area (Å²) in [6, 6.07) is 0. The zero-order valence-corrected chi connectivity index (χ0v) is 16.9. The fourth-order valence-electron chi connectivity index (χ4n) is 4.49. The van der Waals surface area contributed by atoms with E-state index in [1.807, 2.05) is 0 Å². The van der Waals surface area contributed by atoms with Gasteiger partial charge < -0.3 is 4.43 Å². The zero-order chi connectivity index (χ0) is 16.2. The Hall–Kier alpha value is 0.242. The highest BCUT2D eigenvalue weighted by Crippen LogP contribution is 2.48. The van der Waals surface area contributed by atoms with Crippen molar-refractivity contribution < 1.29 is 4.43 Å². The summed E-state index contributed by atoms with van der Waals surface area (Å²) in [5, 5.41) is 0.354. The Labute approximate surface area is 141 Å². The number of unbranched alkanes of at least 4 members (excludes halogenated alkanes) is 2. The van der Waals surface area contributed by atoms with E-state index >= 15 is 0 Å². The topological polar surface area (TPSA) is 9.23 Å².